The van der Waals surface area contributed by atoms with Crippen molar-refractivity contribution in [2.24, 2.45) is 0 Å². The Bertz CT molecular complexity index is 651. The topological polar surface area (TPSA) is 46.1 Å². The van der Waals surface area contributed by atoms with Crippen LogP contribution in [0.5, 0.6) is 0 Å². The minimum atomic E-state index is 0. The summed E-state index contributed by atoms with van der Waals surface area (Å²) >= 11 is 0. The van der Waals surface area contributed by atoms with Crippen LogP contribution in [0.25, 0.3) is 21.5 Å². The predicted octanol–water partition coefficient (Wildman–Crippen LogP) is 3.85. The second-order valence-electron chi connectivity index (χ2n) is 4.81. The van der Waals surface area contributed by atoms with E-state index >= 15 is 0 Å². The zero-order valence-electron chi connectivity index (χ0n) is 15.9. The molecule has 0 saturated heterocycles. The molecule has 4 rings (SSSR count). The molecule has 0 amide bonds. The molecule has 0 N–H and O–H groups in total. The van der Waals surface area contributed by atoms with Crippen molar-refractivity contribution in [1.82, 2.24) is 0 Å². The van der Waals surface area contributed by atoms with E-state index in [9.17, 15) is 0 Å². The number of hydrogen-bond acceptors (Lipinski definition) is 2. The second-order valence-corrected chi connectivity index (χ2v) is 5.81. The van der Waals surface area contributed by atoms with Crippen molar-refractivity contribution in [2.75, 3.05) is 14.2 Å². The van der Waals surface area contributed by atoms with E-state index in [4.69, 9.17) is 10.2 Å². The summed E-state index contributed by atoms with van der Waals surface area (Å²) in [5, 5.41) is 21.8. The maximum atomic E-state index is 8.25. The smallest absolute Gasteiger partial charge is 0.857 e. The van der Waals surface area contributed by atoms with Gasteiger partial charge in [0.05, 0.1) is 0 Å². The molecule has 0 aliphatic heterocycles. The summed E-state index contributed by atoms with van der Waals surface area (Å²) < 4.78 is 0. The Kier molecular flexibility index (Phi) is 18.8. The van der Waals surface area contributed by atoms with Crippen LogP contribution in [-0.4, -0.2) is 23.7 Å². The van der Waals surface area contributed by atoms with Crippen LogP contribution < -0.4 is 10.2 Å². The quantitative estimate of drug-likeness (QED) is 0.334. The SMILES string of the molecule is C[O-].C[O-].C[Si]C.[Ti+4].c1ccc2[cH-]ccc2c1.c1ccc2[cH-]ccc2c1. The fourth-order valence-corrected chi connectivity index (χ4v) is 2.14. The third kappa shape index (κ3) is 9.86. The summed E-state index contributed by atoms with van der Waals surface area (Å²) in [6.07, 6.45) is 0. The summed E-state index contributed by atoms with van der Waals surface area (Å²) in [5.41, 5.74) is 0. The van der Waals surface area contributed by atoms with Gasteiger partial charge >= 0.3 is 21.7 Å². The van der Waals surface area contributed by atoms with Crippen molar-refractivity contribution in [3.8, 4) is 0 Å². The standard InChI is InChI=1S/2C9H7.C2H6Si.2CH3O.Ti/c2*1-2-5-9-7-3-6-8(9)4-1;1-3-2;2*1-2;/h2*1-7H;1-2H3;2*1H3;/q2*-1;;2*-1;+4. The third-order valence-electron chi connectivity index (χ3n) is 3.10. The van der Waals surface area contributed by atoms with Crippen LogP contribution in [0.1, 0.15) is 0 Å². The summed E-state index contributed by atoms with van der Waals surface area (Å²) in [5.74, 6) is 0. The first-order valence-electron chi connectivity index (χ1n) is 7.96. The van der Waals surface area contributed by atoms with Crippen molar-refractivity contribution < 1.29 is 31.9 Å². The van der Waals surface area contributed by atoms with Gasteiger partial charge in [-0.05, 0) is 0 Å². The van der Waals surface area contributed by atoms with E-state index in [1.807, 2.05) is 0 Å². The maximum absolute atomic E-state index is 8.25. The molecule has 4 aromatic rings. The van der Waals surface area contributed by atoms with Gasteiger partial charge in [0.15, 0.2) is 0 Å². The number of hydrogen-bond donors (Lipinski definition) is 0. The van der Waals surface area contributed by atoms with Crippen molar-refractivity contribution in [2.45, 2.75) is 13.1 Å². The largest absolute Gasteiger partial charge is 4.00 e. The summed E-state index contributed by atoms with van der Waals surface area (Å²) in [4.78, 5) is 0. The Balaban J connectivity index is 0. The molecule has 0 unspecified atom stereocenters. The molecule has 0 spiro atoms. The Morgan fingerprint density at radius 1 is 0.615 bits per heavy atom. The Labute approximate surface area is 174 Å². The molecule has 0 bridgehead atoms. The molecule has 0 aliphatic rings. The predicted molar refractivity (Wildman–Crippen MR) is 108 cm³/mol. The first-order valence-corrected chi connectivity index (χ1v) is 9.96. The van der Waals surface area contributed by atoms with Gasteiger partial charge in [-0.1, -0.05) is 25.2 Å². The fraction of sp³-hybridized carbons (Fsp3) is 0.182. The Hall–Kier alpha value is -1.49. The monoisotopic (exact) mass is 398 g/mol. The van der Waals surface area contributed by atoms with Crippen LogP contribution in [0.2, 0.25) is 13.1 Å². The van der Waals surface area contributed by atoms with Gasteiger partial charge in [-0.3, -0.25) is 0 Å². The molecule has 0 aromatic heterocycles. The normalized spacial score (nSPS) is 8.23. The van der Waals surface area contributed by atoms with E-state index in [-0.39, 0.29) is 21.7 Å². The van der Waals surface area contributed by atoms with Crippen LogP contribution in [0.15, 0.2) is 84.9 Å². The van der Waals surface area contributed by atoms with Crippen molar-refractivity contribution in [3.05, 3.63) is 84.9 Å². The van der Waals surface area contributed by atoms with Crippen LogP contribution in [0.3, 0.4) is 0 Å². The molecule has 26 heavy (non-hydrogen) atoms. The van der Waals surface area contributed by atoms with Crippen molar-refractivity contribution in [3.63, 3.8) is 0 Å². The average molecular weight is 398 g/mol. The van der Waals surface area contributed by atoms with Crippen LogP contribution >= 0.6 is 0 Å². The molecule has 0 saturated carbocycles. The second kappa shape index (κ2) is 18.3. The zero-order chi connectivity index (χ0) is 18.9. The summed E-state index contributed by atoms with van der Waals surface area (Å²) in [6, 6.07) is 29.3. The molecule has 2 nitrogen and oxygen atoms in total. The van der Waals surface area contributed by atoms with Gasteiger partial charge in [-0.15, -0.1) is 59.3 Å². The minimum Gasteiger partial charge on any atom is -0.857 e. The van der Waals surface area contributed by atoms with Gasteiger partial charge < -0.3 is 10.2 Å². The van der Waals surface area contributed by atoms with E-state index in [1.54, 1.807) is 0 Å². The molecule has 4 heteroatoms. The van der Waals surface area contributed by atoms with Crippen LogP contribution in [-0.2, 0) is 21.7 Å². The molecular weight excluding hydrogens is 372 g/mol. The van der Waals surface area contributed by atoms with E-state index in [1.165, 1.54) is 21.5 Å². The molecule has 2 radical (unpaired) electrons. The number of fused-ring (bicyclic) bond motifs is 2. The maximum Gasteiger partial charge on any atom is 4.00 e. The van der Waals surface area contributed by atoms with E-state index < -0.39 is 0 Å². The first-order chi connectivity index (χ1) is 12.3. The Morgan fingerprint density at radius 3 is 1.23 bits per heavy atom. The van der Waals surface area contributed by atoms with E-state index in [0.29, 0.717) is 0 Å². The van der Waals surface area contributed by atoms with Gasteiger partial charge in [0.2, 0.25) is 0 Å². The molecule has 0 fully saturated rings. The summed E-state index contributed by atoms with van der Waals surface area (Å²) in [6.45, 7) is 4.31. The van der Waals surface area contributed by atoms with Gasteiger partial charge in [0, 0.05) is 9.52 Å². The van der Waals surface area contributed by atoms with Gasteiger partial charge in [-0.25, -0.2) is 0 Å². The molecular formula is C22H26O2SiTi. The van der Waals surface area contributed by atoms with Crippen molar-refractivity contribution >= 4 is 31.1 Å². The van der Waals surface area contributed by atoms with Crippen LogP contribution in [0.4, 0.5) is 0 Å². The fourth-order valence-electron chi connectivity index (χ4n) is 2.14. The zero-order valence-corrected chi connectivity index (χ0v) is 18.5. The molecule has 0 heterocycles. The summed E-state index contributed by atoms with van der Waals surface area (Å²) in [7, 11) is 2.58. The number of benzene rings is 2. The van der Waals surface area contributed by atoms with E-state index in [2.05, 4.69) is 98.0 Å². The Morgan fingerprint density at radius 2 is 0.923 bits per heavy atom. The van der Waals surface area contributed by atoms with Gasteiger partial charge in [0.1, 0.15) is 0 Å². The van der Waals surface area contributed by atoms with Gasteiger partial charge in [-0.2, -0.15) is 49.3 Å². The van der Waals surface area contributed by atoms with Gasteiger partial charge in [0.25, 0.3) is 0 Å². The van der Waals surface area contributed by atoms with E-state index in [0.717, 1.165) is 23.7 Å². The third-order valence-corrected chi connectivity index (χ3v) is 3.10. The molecule has 0 aliphatic carbocycles. The minimum absolute atomic E-state index is 0. The average Bonchev–Trinajstić information content (AvgIpc) is 3.35. The molecule has 134 valence electrons. The first kappa shape index (κ1) is 26.7. The molecule has 4 aromatic carbocycles. The number of rotatable bonds is 0. The van der Waals surface area contributed by atoms with Crippen molar-refractivity contribution in [1.29, 1.82) is 0 Å². The molecule has 0 atom stereocenters. The van der Waals surface area contributed by atoms with Crippen LogP contribution in [0, 0.1) is 0 Å².